The number of guanidine groups is 1. The van der Waals surface area contributed by atoms with Gasteiger partial charge in [0.2, 0.25) is 0 Å². The molecule has 0 atom stereocenters. The van der Waals surface area contributed by atoms with Gasteiger partial charge < -0.3 is 10.6 Å². The molecule has 0 saturated carbocycles. The number of nitrogens with zero attached hydrogens (tertiary/aromatic N) is 2. The lowest BCUT2D eigenvalue weighted by atomic mass is 9.94. The van der Waals surface area contributed by atoms with Crippen molar-refractivity contribution in [3.8, 4) is 0 Å². The molecule has 2 aromatic carbocycles. The maximum absolute atomic E-state index is 11.6. The van der Waals surface area contributed by atoms with Crippen molar-refractivity contribution in [1.82, 2.24) is 15.5 Å². The summed E-state index contributed by atoms with van der Waals surface area (Å²) in [5.74, 6) is 0.776. The predicted octanol–water partition coefficient (Wildman–Crippen LogP) is 2.63. The van der Waals surface area contributed by atoms with Crippen LogP contribution in [0.4, 0.5) is 0 Å². The Morgan fingerprint density at radius 1 is 1.06 bits per heavy atom. The van der Waals surface area contributed by atoms with Crippen LogP contribution in [-0.4, -0.2) is 57.8 Å². The molecular formula is C24H34N4O2S. The maximum atomic E-state index is 11.6. The van der Waals surface area contributed by atoms with Crippen molar-refractivity contribution in [1.29, 1.82) is 0 Å². The van der Waals surface area contributed by atoms with Crippen LogP contribution < -0.4 is 10.6 Å². The van der Waals surface area contributed by atoms with Crippen molar-refractivity contribution < 1.29 is 8.42 Å². The Labute approximate surface area is 186 Å². The molecule has 0 aromatic heterocycles. The zero-order valence-electron chi connectivity index (χ0n) is 19.0. The second-order valence-corrected chi connectivity index (χ2v) is 10.8. The molecule has 2 N–H and O–H groups in total. The van der Waals surface area contributed by atoms with Crippen molar-refractivity contribution in [2.45, 2.75) is 43.7 Å². The predicted molar refractivity (Wildman–Crippen MR) is 127 cm³/mol. The van der Waals surface area contributed by atoms with Crippen LogP contribution in [0.15, 0.2) is 58.4 Å². The van der Waals surface area contributed by atoms with Gasteiger partial charge in [0.05, 0.1) is 4.90 Å². The van der Waals surface area contributed by atoms with Crippen LogP contribution in [0.3, 0.4) is 0 Å². The van der Waals surface area contributed by atoms with Gasteiger partial charge in [0.25, 0.3) is 0 Å². The summed E-state index contributed by atoms with van der Waals surface area (Å²) < 4.78 is 23.1. The van der Waals surface area contributed by atoms with Crippen molar-refractivity contribution in [2.75, 3.05) is 32.9 Å². The Morgan fingerprint density at radius 2 is 1.74 bits per heavy atom. The normalized spacial score (nSPS) is 15.4. The quantitative estimate of drug-likeness (QED) is 0.509. The molecule has 1 aliphatic rings. The van der Waals surface area contributed by atoms with E-state index in [1.54, 1.807) is 19.2 Å². The summed E-state index contributed by atoms with van der Waals surface area (Å²) in [6.07, 6.45) is 3.10. The Balaban J connectivity index is 1.48. The Morgan fingerprint density at radius 3 is 2.39 bits per heavy atom. The molecule has 31 heavy (non-hydrogen) atoms. The van der Waals surface area contributed by atoms with E-state index < -0.39 is 9.84 Å². The third-order valence-corrected chi connectivity index (χ3v) is 7.08. The first-order valence-electron chi connectivity index (χ1n) is 10.7. The number of aliphatic imine (C=N–C) groups is 1. The number of fused-ring (bicyclic) bond motifs is 1. The lowest BCUT2D eigenvalue weighted by molar-refractivity contribution is 0.107. The highest BCUT2D eigenvalue weighted by molar-refractivity contribution is 7.90. The molecule has 0 fully saturated rings. The van der Waals surface area contributed by atoms with Gasteiger partial charge in [-0.3, -0.25) is 9.89 Å². The molecule has 0 amide bonds. The third kappa shape index (κ3) is 6.31. The van der Waals surface area contributed by atoms with Crippen LogP contribution in [0.5, 0.6) is 0 Å². The first-order valence-corrected chi connectivity index (χ1v) is 12.6. The van der Waals surface area contributed by atoms with E-state index in [1.807, 2.05) is 12.1 Å². The van der Waals surface area contributed by atoms with Gasteiger partial charge in [-0.05, 0) is 55.5 Å². The van der Waals surface area contributed by atoms with E-state index in [0.717, 1.165) is 50.5 Å². The second-order valence-electron chi connectivity index (χ2n) is 8.77. The smallest absolute Gasteiger partial charge is 0.191 e. The van der Waals surface area contributed by atoms with E-state index in [-0.39, 0.29) is 5.54 Å². The number of rotatable bonds is 7. The van der Waals surface area contributed by atoms with Crippen LogP contribution in [-0.2, 0) is 29.2 Å². The van der Waals surface area contributed by atoms with Crippen molar-refractivity contribution in [3.63, 3.8) is 0 Å². The van der Waals surface area contributed by atoms with Crippen LogP contribution in [0, 0.1) is 0 Å². The molecule has 2 aromatic rings. The fraction of sp³-hybridized carbons (Fsp3) is 0.458. The Bertz CT molecular complexity index is 1010. The minimum absolute atomic E-state index is 0.00731. The average molecular weight is 443 g/mol. The van der Waals surface area contributed by atoms with Crippen LogP contribution in [0.25, 0.3) is 0 Å². The van der Waals surface area contributed by atoms with E-state index >= 15 is 0 Å². The van der Waals surface area contributed by atoms with Crippen molar-refractivity contribution >= 4 is 15.8 Å². The summed E-state index contributed by atoms with van der Waals surface area (Å²) in [6.45, 7) is 8.07. The van der Waals surface area contributed by atoms with Gasteiger partial charge in [-0.2, -0.15) is 0 Å². The number of hydrogen-bond acceptors (Lipinski definition) is 4. The zero-order valence-corrected chi connectivity index (χ0v) is 19.8. The van der Waals surface area contributed by atoms with Crippen LogP contribution in [0.2, 0.25) is 0 Å². The average Bonchev–Trinajstić information content (AvgIpc) is 2.75. The van der Waals surface area contributed by atoms with Gasteiger partial charge in [0.15, 0.2) is 15.8 Å². The van der Waals surface area contributed by atoms with Crippen LogP contribution >= 0.6 is 0 Å². The molecule has 0 radical (unpaired) electrons. The molecule has 0 bridgehead atoms. The summed E-state index contributed by atoms with van der Waals surface area (Å²) >= 11 is 0. The number of sulfone groups is 1. The van der Waals surface area contributed by atoms with Gasteiger partial charge in [-0.25, -0.2) is 8.42 Å². The fourth-order valence-electron chi connectivity index (χ4n) is 3.87. The van der Waals surface area contributed by atoms with Gasteiger partial charge in [0, 0.05) is 45.0 Å². The third-order valence-electron chi connectivity index (χ3n) is 5.96. The van der Waals surface area contributed by atoms with Gasteiger partial charge >= 0.3 is 0 Å². The van der Waals surface area contributed by atoms with Crippen LogP contribution in [0.1, 0.15) is 30.5 Å². The van der Waals surface area contributed by atoms with Crippen molar-refractivity contribution in [3.05, 3.63) is 65.2 Å². The highest BCUT2D eigenvalue weighted by Gasteiger charge is 2.29. The van der Waals surface area contributed by atoms with E-state index in [1.165, 1.54) is 17.4 Å². The number of benzene rings is 2. The molecular weight excluding hydrogens is 408 g/mol. The highest BCUT2D eigenvalue weighted by Crippen LogP contribution is 2.24. The molecule has 6 nitrogen and oxygen atoms in total. The lowest BCUT2D eigenvalue weighted by Crippen LogP contribution is -2.54. The summed E-state index contributed by atoms with van der Waals surface area (Å²) in [5, 5.41) is 6.82. The molecule has 7 heteroatoms. The van der Waals surface area contributed by atoms with E-state index in [0.29, 0.717) is 4.90 Å². The molecule has 0 aliphatic carbocycles. The Hall–Kier alpha value is -2.38. The second kappa shape index (κ2) is 9.83. The molecule has 1 aliphatic heterocycles. The van der Waals surface area contributed by atoms with E-state index in [2.05, 4.69) is 58.6 Å². The standard InChI is InChI=1S/C24H34N4O2S/c1-24(2,28-16-14-20-7-5-6-8-21(20)17-28)18-27-23(25-3)26-15-13-19-9-11-22(12-10-19)31(4,29)30/h5-12H,13-18H2,1-4H3,(H2,25,26,27). The number of nitrogens with one attached hydrogen (secondary N) is 2. The van der Waals surface area contributed by atoms with Crippen molar-refractivity contribution in [2.24, 2.45) is 4.99 Å². The van der Waals surface area contributed by atoms with Gasteiger partial charge in [-0.15, -0.1) is 0 Å². The van der Waals surface area contributed by atoms with Gasteiger partial charge in [-0.1, -0.05) is 36.4 Å². The fourth-order valence-corrected chi connectivity index (χ4v) is 4.50. The largest absolute Gasteiger partial charge is 0.356 e. The topological polar surface area (TPSA) is 73.8 Å². The first kappa shape index (κ1) is 23.3. The first-order chi connectivity index (χ1) is 14.7. The summed E-state index contributed by atoms with van der Waals surface area (Å²) in [7, 11) is -1.38. The molecule has 168 valence electrons. The SMILES string of the molecule is CN=C(NCCc1ccc(S(C)(=O)=O)cc1)NCC(C)(C)N1CCc2ccccc2C1. The summed E-state index contributed by atoms with van der Waals surface area (Å²) in [4.78, 5) is 7.22. The highest BCUT2D eigenvalue weighted by atomic mass is 32.2. The maximum Gasteiger partial charge on any atom is 0.191 e. The minimum Gasteiger partial charge on any atom is -0.356 e. The number of hydrogen-bond donors (Lipinski definition) is 2. The Kier molecular flexibility index (Phi) is 7.38. The van der Waals surface area contributed by atoms with E-state index in [4.69, 9.17) is 0 Å². The lowest BCUT2D eigenvalue weighted by Gasteiger charge is -2.42. The minimum atomic E-state index is -3.15. The van der Waals surface area contributed by atoms with E-state index in [9.17, 15) is 8.42 Å². The molecule has 3 rings (SSSR count). The monoisotopic (exact) mass is 442 g/mol. The summed E-state index contributed by atoms with van der Waals surface area (Å²) in [6, 6.07) is 15.8. The van der Waals surface area contributed by atoms with Gasteiger partial charge in [0.1, 0.15) is 0 Å². The molecule has 0 spiro atoms. The molecule has 0 unspecified atom stereocenters. The molecule has 1 heterocycles. The zero-order chi connectivity index (χ0) is 22.5. The molecule has 0 saturated heterocycles. The summed E-state index contributed by atoms with van der Waals surface area (Å²) in [5.41, 5.74) is 3.96.